The van der Waals surface area contributed by atoms with Gasteiger partial charge in [-0.3, -0.25) is 0 Å². The molecule has 0 aliphatic carbocycles. The molecule has 0 unspecified atom stereocenters. The van der Waals surface area contributed by atoms with Crippen molar-refractivity contribution < 1.29 is 0 Å². The van der Waals surface area contributed by atoms with E-state index < -0.39 is 0 Å². The highest BCUT2D eigenvalue weighted by atomic mass is 14.7. The molecule has 0 saturated carbocycles. The maximum atomic E-state index is 3.26. The normalized spacial score (nSPS) is 11.0. The third-order valence-electron chi connectivity index (χ3n) is 3.35. The second-order valence-corrected chi connectivity index (χ2v) is 4.81. The van der Waals surface area contributed by atoms with Crippen molar-refractivity contribution in [3.63, 3.8) is 0 Å². The Morgan fingerprint density at radius 3 is 2.35 bits per heavy atom. The van der Waals surface area contributed by atoms with Crippen molar-refractivity contribution in [1.82, 2.24) is 4.98 Å². The minimum atomic E-state index is 0.933. The van der Waals surface area contributed by atoms with Crippen molar-refractivity contribution in [3.8, 4) is 0 Å². The lowest BCUT2D eigenvalue weighted by Crippen LogP contribution is -1.91. The zero-order valence-electron chi connectivity index (χ0n) is 11.3. The molecule has 3 rings (SSSR count). The number of rotatable bonds is 4. The molecule has 0 amide bonds. The number of hydrogen-bond acceptors (Lipinski definition) is 0. The van der Waals surface area contributed by atoms with Crippen molar-refractivity contribution in [2.75, 3.05) is 0 Å². The summed E-state index contributed by atoms with van der Waals surface area (Å²) in [5.41, 5.74) is 5.07. The zero-order valence-corrected chi connectivity index (χ0v) is 11.3. The van der Waals surface area contributed by atoms with Gasteiger partial charge in [-0.1, -0.05) is 66.7 Å². The van der Waals surface area contributed by atoms with E-state index in [-0.39, 0.29) is 0 Å². The lowest BCUT2D eigenvalue weighted by atomic mass is 10.0. The fourth-order valence-electron chi connectivity index (χ4n) is 2.29. The lowest BCUT2D eigenvalue weighted by Gasteiger charge is -2.04. The molecule has 1 aromatic heterocycles. The molecule has 20 heavy (non-hydrogen) atoms. The van der Waals surface area contributed by atoms with Crippen LogP contribution in [0.4, 0.5) is 0 Å². The van der Waals surface area contributed by atoms with Crippen LogP contribution in [0.3, 0.4) is 0 Å². The van der Waals surface area contributed by atoms with Gasteiger partial charge in [-0.15, -0.1) is 0 Å². The van der Waals surface area contributed by atoms with Crippen LogP contribution in [0, 0.1) is 0 Å². The summed E-state index contributed by atoms with van der Waals surface area (Å²) in [7, 11) is 0. The average molecular weight is 259 g/mol. The smallest absolute Gasteiger partial charge is 0.0191 e. The Morgan fingerprint density at radius 1 is 0.750 bits per heavy atom. The highest BCUT2D eigenvalue weighted by Gasteiger charge is 2.00. The quantitative estimate of drug-likeness (QED) is 0.649. The summed E-state index contributed by atoms with van der Waals surface area (Å²) in [6.45, 7) is 0. The predicted octanol–water partition coefficient (Wildman–Crippen LogP) is 4.78. The van der Waals surface area contributed by atoms with Crippen LogP contribution in [0.5, 0.6) is 0 Å². The predicted molar refractivity (Wildman–Crippen MR) is 85.4 cm³/mol. The van der Waals surface area contributed by atoms with Crippen LogP contribution >= 0.6 is 0 Å². The molecule has 0 bridgehead atoms. The summed E-state index contributed by atoms with van der Waals surface area (Å²) in [5.74, 6) is 0. The number of H-pyrrole nitrogens is 1. The first-order valence-corrected chi connectivity index (χ1v) is 6.85. The highest BCUT2D eigenvalue weighted by molar-refractivity contribution is 5.71. The average Bonchev–Trinajstić information content (AvgIpc) is 3.00. The lowest BCUT2D eigenvalue weighted by molar-refractivity contribution is 1.10. The molecular formula is C19H17N. The number of hydrogen-bond donors (Lipinski definition) is 1. The van der Waals surface area contributed by atoms with Gasteiger partial charge in [-0.25, -0.2) is 0 Å². The van der Waals surface area contributed by atoms with Crippen LogP contribution in [0.25, 0.3) is 12.2 Å². The Kier molecular flexibility index (Phi) is 3.79. The number of benzene rings is 2. The topological polar surface area (TPSA) is 15.8 Å². The van der Waals surface area contributed by atoms with Crippen LogP contribution in [-0.2, 0) is 6.42 Å². The van der Waals surface area contributed by atoms with E-state index in [0.29, 0.717) is 0 Å². The molecule has 0 aliphatic heterocycles. The van der Waals surface area contributed by atoms with Gasteiger partial charge in [-0.05, 0) is 28.8 Å². The van der Waals surface area contributed by atoms with Crippen LogP contribution in [0.2, 0.25) is 0 Å². The van der Waals surface area contributed by atoms with E-state index in [9.17, 15) is 0 Å². The van der Waals surface area contributed by atoms with Crippen molar-refractivity contribution in [1.29, 1.82) is 0 Å². The van der Waals surface area contributed by atoms with Gasteiger partial charge in [0.05, 0.1) is 0 Å². The molecule has 2 aromatic carbocycles. The van der Waals surface area contributed by atoms with Gasteiger partial charge in [0, 0.05) is 18.3 Å². The molecule has 0 fully saturated rings. The molecule has 1 heterocycles. The molecule has 0 spiro atoms. The van der Waals surface area contributed by atoms with E-state index in [1.54, 1.807) is 0 Å². The molecule has 0 aliphatic rings. The van der Waals surface area contributed by atoms with Crippen molar-refractivity contribution >= 4 is 12.2 Å². The summed E-state index contributed by atoms with van der Waals surface area (Å²) < 4.78 is 0. The van der Waals surface area contributed by atoms with Crippen molar-refractivity contribution in [2.45, 2.75) is 6.42 Å². The van der Waals surface area contributed by atoms with Crippen molar-refractivity contribution in [3.05, 3.63) is 95.3 Å². The maximum Gasteiger partial charge on any atom is 0.0191 e. The maximum absolute atomic E-state index is 3.26. The third kappa shape index (κ3) is 3.07. The molecule has 0 saturated heterocycles. The van der Waals surface area contributed by atoms with Crippen LogP contribution in [-0.4, -0.2) is 4.98 Å². The molecule has 1 N–H and O–H groups in total. The van der Waals surface area contributed by atoms with E-state index in [4.69, 9.17) is 0 Å². The highest BCUT2D eigenvalue weighted by Crippen LogP contribution is 2.16. The zero-order chi connectivity index (χ0) is 13.6. The Balaban J connectivity index is 1.84. The minimum absolute atomic E-state index is 0.933. The molecule has 3 aromatic rings. The Hall–Kier alpha value is -2.54. The molecule has 0 radical (unpaired) electrons. The van der Waals surface area contributed by atoms with E-state index in [2.05, 4.69) is 71.7 Å². The number of nitrogens with one attached hydrogen (secondary N) is 1. The van der Waals surface area contributed by atoms with Crippen LogP contribution < -0.4 is 0 Å². The first-order chi connectivity index (χ1) is 9.92. The molecule has 98 valence electrons. The van der Waals surface area contributed by atoms with E-state index >= 15 is 0 Å². The Labute approximate surface area is 119 Å². The molecule has 1 nitrogen and oxygen atoms in total. The summed E-state index contributed by atoms with van der Waals surface area (Å²) in [6.07, 6.45) is 7.25. The summed E-state index contributed by atoms with van der Waals surface area (Å²) in [6, 6.07) is 23.1. The molecule has 1 heteroatoms. The first kappa shape index (κ1) is 12.5. The van der Waals surface area contributed by atoms with Gasteiger partial charge >= 0.3 is 0 Å². The number of aromatic amines is 1. The summed E-state index contributed by atoms with van der Waals surface area (Å²) in [5, 5.41) is 0. The van der Waals surface area contributed by atoms with E-state index in [1.807, 2.05) is 18.3 Å². The molecule has 0 atom stereocenters. The van der Waals surface area contributed by atoms with Crippen LogP contribution in [0.15, 0.2) is 72.9 Å². The van der Waals surface area contributed by atoms with E-state index in [0.717, 1.165) is 6.42 Å². The fourth-order valence-corrected chi connectivity index (χ4v) is 2.29. The van der Waals surface area contributed by atoms with Gasteiger partial charge in [0.15, 0.2) is 0 Å². The second kappa shape index (κ2) is 6.07. The first-order valence-electron chi connectivity index (χ1n) is 6.85. The van der Waals surface area contributed by atoms with Gasteiger partial charge < -0.3 is 4.98 Å². The second-order valence-electron chi connectivity index (χ2n) is 4.81. The Bertz CT molecular complexity index is 679. The third-order valence-corrected chi connectivity index (χ3v) is 3.35. The largest absolute Gasteiger partial charge is 0.365 e. The molecular weight excluding hydrogens is 242 g/mol. The minimum Gasteiger partial charge on any atom is -0.365 e. The van der Waals surface area contributed by atoms with Gasteiger partial charge in [-0.2, -0.15) is 0 Å². The summed E-state index contributed by atoms with van der Waals surface area (Å²) in [4.78, 5) is 3.26. The van der Waals surface area contributed by atoms with Crippen LogP contribution in [0.1, 0.15) is 22.4 Å². The van der Waals surface area contributed by atoms with Gasteiger partial charge in [0.1, 0.15) is 0 Å². The van der Waals surface area contributed by atoms with Gasteiger partial charge in [0.2, 0.25) is 0 Å². The number of aromatic nitrogens is 1. The van der Waals surface area contributed by atoms with Gasteiger partial charge in [0.25, 0.3) is 0 Å². The summed E-state index contributed by atoms with van der Waals surface area (Å²) >= 11 is 0. The standard InChI is InChI=1S/C19H17N/c1-2-7-16(8-3-1)12-13-17-9-4-5-10-18(17)15-19-11-6-14-20-19/h1-14,20H,15H2. The van der Waals surface area contributed by atoms with Crippen molar-refractivity contribution in [2.24, 2.45) is 0 Å². The fraction of sp³-hybridized carbons (Fsp3) is 0.0526. The SMILES string of the molecule is C(=Cc1ccccc1Cc1ccc[nH]1)c1ccccc1. The Morgan fingerprint density at radius 2 is 1.55 bits per heavy atom. The van der Waals surface area contributed by atoms with E-state index in [1.165, 1.54) is 22.4 Å². The monoisotopic (exact) mass is 259 g/mol.